The fraction of sp³-hybridized carbons (Fsp3) is 0.319. The Morgan fingerprint density at radius 3 is 1.81 bits per heavy atom. The summed E-state index contributed by atoms with van der Waals surface area (Å²) in [6.07, 6.45) is 3.58. The summed E-state index contributed by atoms with van der Waals surface area (Å²) in [7, 11) is 0. The van der Waals surface area contributed by atoms with E-state index in [-0.39, 0.29) is 6.42 Å². The lowest BCUT2D eigenvalue weighted by atomic mass is 9.38. The van der Waals surface area contributed by atoms with E-state index in [4.69, 9.17) is 18.9 Å². The molecule has 11 heteroatoms. The quantitative estimate of drug-likeness (QED) is 0.151. The lowest BCUT2D eigenvalue weighted by Crippen LogP contribution is -2.77. The van der Waals surface area contributed by atoms with Crippen molar-refractivity contribution in [1.82, 2.24) is 0 Å². The number of carbonyl (C=O) groups excluding carboxylic acids is 6. The van der Waals surface area contributed by atoms with E-state index in [0.29, 0.717) is 16.7 Å². The fourth-order valence-electron chi connectivity index (χ4n) is 9.86. The van der Waals surface area contributed by atoms with Gasteiger partial charge < -0.3 is 24.1 Å². The molecule has 1 saturated heterocycles. The van der Waals surface area contributed by atoms with E-state index in [1.54, 1.807) is 87.5 Å². The smallest absolute Gasteiger partial charge is 0.348 e. The zero-order valence-corrected chi connectivity index (χ0v) is 32.3. The van der Waals surface area contributed by atoms with Gasteiger partial charge >= 0.3 is 23.9 Å². The van der Waals surface area contributed by atoms with Crippen molar-refractivity contribution in [2.45, 2.75) is 51.6 Å². The Morgan fingerprint density at radius 1 is 0.776 bits per heavy atom. The monoisotopic (exact) mass is 784 g/mol. The van der Waals surface area contributed by atoms with Gasteiger partial charge in [-0.15, -0.1) is 0 Å². The van der Waals surface area contributed by atoms with Crippen LogP contribution in [0.3, 0.4) is 0 Å². The van der Waals surface area contributed by atoms with Crippen molar-refractivity contribution in [3.05, 3.63) is 138 Å². The number of Topliss-reactive ketones (excluding diaryl/α,β-unsaturated/α-hetero) is 1. The molecule has 7 rings (SSSR count). The van der Waals surface area contributed by atoms with Crippen molar-refractivity contribution < 1.29 is 52.8 Å². The second kappa shape index (κ2) is 16.3. The van der Waals surface area contributed by atoms with Crippen LogP contribution < -0.4 is 0 Å². The molecule has 0 aromatic heterocycles. The molecule has 2 saturated carbocycles. The highest BCUT2D eigenvalue weighted by atomic mass is 16.6. The maximum atomic E-state index is 14.9. The summed E-state index contributed by atoms with van der Waals surface area (Å²) in [5.74, 6) is -8.95. The first kappa shape index (κ1) is 40.0. The van der Waals surface area contributed by atoms with Crippen LogP contribution in [0.4, 0.5) is 0 Å². The third-order valence-electron chi connectivity index (χ3n) is 12.4. The zero-order valence-electron chi connectivity index (χ0n) is 32.3. The van der Waals surface area contributed by atoms with Crippen LogP contribution in [0.25, 0.3) is 18.2 Å². The van der Waals surface area contributed by atoms with Gasteiger partial charge in [-0.1, -0.05) is 110 Å². The number of hydrogen-bond acceptors (Lipinski definition) is 11. The molecule has 10 atom stereocenters. The molecule has 58 heavy (non-hydrogen) atoms. The Labute approximate surface area is 336 Å². The molecule has 4 aliphatic rings. The second-order valence-corrected chi connectivity index (χ2v) is 15.7. The molecule has 3 fully saturated rings. The lowest BCUT2D eigenvalue weighted by Gasteiger charge is -2.67. The highest BCUT2D eigenvalue weighted by Gasteiger charge is 2.77. The third-order valence-corrected chi connectivity index (χ3v) is 12.4. The van der Waals surface area contributed by atoms with Crippen molar-refractivity contribution in [2.75, 3.05) is 6.61 Å². The molecule has 0 radical (unpaired) electrons. The number of benzene rings is 3. The number of rotatable bonds is 10. The topological polar surface area (TPSA) is 160 Å². The highest BCUT2D eigenvalue weighted by Crippen LogP contribution is 2.68. The Kier molecular flexibility index (Phi) is 11.3. The molecule has 3 aromatic rings. The van der Waals surface area contributed by atoms with E-state index >= 15 is 0 Å². The van der Waals surface area contributed by atoms with Gasteiger partial charge in [0.2, 0.25) is 6.10 Å². The van der Waals surface area contributed by atoms with E-state index in [1.807, 2.05) is 30.3 Å². The van der Waals surface area contributed by atoms with Crippen molar-refractivity contribution in [1.29, 1.82) is 0 Å². The van der Waals surface area contributed by atoms with Crippen LogP contribution >= 0.6 is 0 Å². The van der Waals surface area contributed by atoms with Gasteiger partial charge in [-0.25, -0.2) is 19.2 Å². The van der Waals surface area contributed by atoms with Gasteiger partial charge in [-0.05, 0) is 66.2 Å². The summed E-state index contributed by atoms with van der Waals surface area (Å²) < 4.78 is 24.0. The van der Waals surface area contributed by atoms with E-state index in [2.05, 4.69) is 0 Å². The molecule has 0 unspecified atom stereocenters. The standard InChI is InChI=1S/C47H44O11/c1-28-25-34(48)44(58-38(51)24-21-32-17-11-6-12-18-32)46(3)33(28)26-35-47(27-55-36(49)22-19-30-13-7-4-8-14-30)39(29(2)40(52)41(53)43(46)47)42(45(54)56-35)57-37(50)23-20-31-15-9-5-10-16-31/h4-25,29,33,35,39-40,42-44,52H,26-27H2,1-3H3/b22-19+,23-20+,24-21+/t29-,33+,35-,39-,40-,42-,43-,44-,46+,47+/m1/s1. The van der Waals surface area contributed by atoms with Gasteiger partial charge in [0.1, 0.15) is 18.8 Å². The minimum atomic E-state index is -1.71. The zero-order chi connectivity index (χ0) is 41.2. The van der Waals surface area contributed by atoms with Crippen LogP contribution in [-0.4, -0.2) is 71.6 Å². The Bertz CT molecular complexity index is 2210. The lowest BCUT2D eigenvalue weighted by molar-refractivity contribution is -0.281. The van der Waals surface area contributed by atoms with Gasteiger partial charge in [0.25, 0.3) is 0 Å². The molecule has 1 N–H and O–H groups in total. The SMILES string of the molecule is CC1=CC(=O)[C@@H](OC(=O)/C=C/c2ccccc2)[C@]2(C)[C@H]3C(=O)[C@H](O)[C@H](C)[C@@H]4[C@@H](OC(=O)/C=C/c5ccccc5)C(=O)O[C@H](C[C@@H]12)[C@@]43COC(=O)/C=C/c1ccccc1. The summed E-state index contributed by atoms with van der Waals surface area (Å²) in [5, 5.41) is 11.8. The predicted octanol–water partition coefficient (Wildman–Crippen LogP) is 5.77. The summed E-state index contributed by atoms with van der Waals surface area (Å²) in [6.45, 7) is 4.41. The number of aliphatic hydroxyl groups excluding tert-OH is 1. The molecule has 298 valence electrons. The van der Waals surface area contributed by atoms with Gasteiger partial charge in [0.15, 0.2) is 17.7 Å². The van der Waals surface area contributed by atoms with Crippen LogP contribution in [0.2, 0.25) is 0 Å². The van der Waals surface area contributed by atoms with Crippen molar-refractivity contribution in [3.63, 3.8) is 0 Å². The average Bonchev–Trinajstić information content (AvgIpc) is 3.22. The molecule has 0 spiro atoms. The molecule has 3 aliphatic carbocycles. The molecular formula is C47H44O11. The Balaban J connectivity index is 1.32. The number of allylic oxidation sites excluding steroid dienone is 1. The normalized spacial score (nSPS) is 31.6. The summed E-state index contributed by atoms with van der Waals surface area (Å²) in [4.78, 5) is 83.5. The molecular weight excluding hydrogens is 741 g/mol. The summed E-state index contributed by atoms with van der Waals surface area (Å²) >= 11 is 0. The van der Waals surface area contributed by atoms with Crippen LogP contribution in [-0.2, 0) is 47.7 Å². The van der Waals surface area contributed by atoms with Gasteiger partial charge in [-0.2, -0.15) is 0 Å². The molecule has 0 bridgehead atoms. The molecule has 1 aliphatic heterocycles. The van der Waals surface area contributed by atoms with Crippen molar-refractivity contribution in [2.24, 2.45) is 34.5 Å². The Morgan fingerprint density at radius 2 is 1.28 bits per heavy atom. The van der Waals surface area contributed by atoms with E-state index < -0.39 is 101 Å². The summed E-state index contributed by atoms with van der Waals surface area (Å²) in [6, 6.07) is 27.0. The first-order valence-corrected chi connectivity index (χ1v) is 19.3. The maximum absolute atomic E-state index is 14.9. The largest absolute Gasteiger partial charge is 0.462 e. The third kappa shape index (κ3) is 7.38. The number of ether oxygens (including phenoxy) is 4. The van der Waals surface area contributed by atoms with Gasteiger partial charge in [0, 0.05) is 35.5 Å². The van der Waals surface area contributed by atoms with Crippen molar-refractivity contribution in [3.8, 4) is 0 Å². The number of fused-ring (bicyclic) bond motifs is 2. The van der Waals surface area contributed by atoms with E-state index in [1.165, 1.54) is 30.4 Å². The summed E-state index contributed by atoms with van der Waals surface area (Å²) in [5.41, 5.74) is -0.533. The van der Waals surface area contributed by atoms with E-state index in [9.17, 15) is 33.9 Å². The molecule has 0 amide bonds. The maximum Gasteiger partial charge on any atom is 0.348 e. The first-order valence-electron chi connectivity index (χ1n) is 19.3. The van der Waals surface area contributed by atoms with E-state index in [0.717, 1.165) is 11.6 Å². The first-order chi connectivity index (χ1) is 27.8. The molecule has 11 nitrogen and oxygen atoms in total. The van der Waals surface area contributed by atoms with Crippen molar-refractivity contribution >= 4 is 53.7 Å². The van der Waals surface area contributed by atoms with Crippen LogP contribution in [0.15, 0.2) is 121 Å². The number of esters is 4. The second-order valence-electron chi connectivity index (χ2n) is 15.7. The Hall–Kier alpha value is -6.20. The van der Waals surface area contributed by atoms with Crippen LogP contribution in [0.5, 0.6) is 0 Å². The number of ketones is 2. The molecule has 3 aromatic carbocycles. The van der Waals surface area contributed by atoms with Gasteiger partial charge in [-0.3, -0.25) is 9.59 Å². The molecule has 1 heterocycles. The minimum absolute atomic E-state index is 0.0425. The fourth-order valence-corrected chi connectivity index (χ4v) is 9.86. The predicted molar refractivity (Wildman–Crippen MR) is 212 cm³/mol. The highest BCUT2D eigenvalue weighted by molar-refractivity contribution is 6.01. The minimum Gasteiger partial charge on any atom is -0.462 e. The average molecular weight is 785 g/mol. The van der Waals surface area contributed by atoms with Gasteiger partial charge in [0.05, 0.1) is 5.41 Å². The number of carbonyl (C=O) groups is 6. The number of hydrogen-bond donors (Lipinski definition) is 1. The van der Waals surface area contributed by atoms with Crippen LogP contribution in [0, 0.1) is 34.5 Å². The number of aliphatic hydroxyl groups is 1. The van der Waals surface area contributed by atoms with Crippen LogP contribution in [0.1, 0.15) is 43.9 Å².